The number of nitrogens with zero attached hydrogens (tertiary/aromatic N) is 4. The van der Waals surface area contributed by atoms with E-state index in [1.54, 1.807) is 7.11 Å². The highest BCUT2D eigenvalue weighted by atomic mass is 16.5. The van der Waals surface area contributed by atoms with E-state index in [0.717, 1.165) is 75.4 Å². The number of fused-ring (bicyclic) bond motifs is 1. The van der Waals surface area contributed by atoms with Crippen molar-refractivity contribution in [3.8, 4) is 11.4 Å². The quantitative estimate of drug-likeness (QED) is 0.764. The fourth-order valence-electron chi connectivity index (χ4n) is 5.39. The number of methoxy groups -OCH3 is 1. The van der Waals surface area contributed by atoms with Crippen molar-refractivity contribution >= 4 is 11.7 Å². The lowest BCUT2D eigenvalue weighted by Crippen LogP contribution is -2.51. The van der Waals surface area contributed by atoms with Gasteiger partial charge in [0.1, 0.15) is 5.82 Å². The van der Waals surface area contributed by atoms with Crippen molar-refractivity contribution in [2.24, 2.45) is 5.41 Å². The van der Waals surface area contributed by atoms with Gasteiger partial charge in [0.05, 0.1) is 12.0 Å². The second-order valence-electron chi connectivity index (χ2n) is 8.86. The fraction of sp³-hybridized carbons (Fsp3) is 0.542. The molecule has 6 nitrogen and oxygen atoms in total. The molecule has 3 heterocycles. The molecule has 1 aromatic heterocycles. The van der Waals surface area contributed by atoms with E-state index in [-0.39, 0.29) is 5.41 Å². The molecule has 158 valence electrons. The number of piperidine rings is 1. The van der Waals surface area contributed by atoms with Gasteiger partial charge in [0.15, 0.2) is 5.82 Å². The molecule has 2 aromatic rings. The van der Waals surface area contributed by atoms with E-state index in [2.05, 4.69) is 17.0 Å². The Hall–Kier alpha value is -2.47. The summed E-state index contributed by atoms with van der Waals surface area (Å²) in [6, 6.07) is 10.2. The predicted molar refractivity (Wildman–Crippen MR) is 116 cm³/mol. The van der Waals surface area contributed by atoms with Crippen LogP contribution in [0.1, 0.15) is 36.9 Å². The molecule has 2 aliphatic heterocycles. The van der Waals surface area contributed by atoms with Gasteiger partial charge in [-0.1, -0.05) is 30.3 Å². The summed E-state index contributed by atoms with van der Waals surface area (Å²) in [6.45, 7) is 3.81. The van der Waals surface area contributed by atoms with Gasteiger partial charge in [-0.05, 0) is 38.5 Å². The molecular weight excluding hydrogens is 376 g/mol. The van der Waals surface area contributed by atoms with E-state index < -0.39 is 0 Å². The molecular formula is C24H30N4O2. The number of hydrogen-bond donors (Lipinski definition) is 0. The fourth-order valence-corrected chi connectivity index (χ4v) is 5.39. The molecule has 6 heteroatoms. The standard InChI is InChI=1S/C24H30N4O2/c1-30-16-15-27-13-6-11-24(23(27)29)12-14-28(17-24)22-19-9-5-10-20(19)25-21(26-22)18-7-3-2-4-8-18/h2-4,7-8H,5-6,9-17H2,1H3/t24-/m0/s1. The molecule has 0 saturated carbocycles. The summed E-state index contributed by atoms with van der Waals surface area (Å²) < 4.78 is 5.22. The van der Waals surface area contributed by atoms with Gasteiger partial charge in [-0.2, -0.15) is 0 Å². The third-order valence-corrected chi connectivity index (χ3v) is 6.99. The van der Waals surface area contributed by atoms with Crippen molar-refractivity contribution in [2.75, 3.05) is 44.8 Å². The number of anilines is 1. The van der Waals surface area contributed by atoms with Gasteiger partial charge in [-0.25, -0.2) is 9.97 Å². The Labute approximate surface area is 178 Å². The molecule has 0 unspecified atom stereocenters. The molecule has 1 aromatic carbocycles. The summed E-state index contributed by atoms with van der Waals surface area (Å²) >= 11 is 0. The molecule has 3 aliphatic rings. The number of amides is 1. The first-order chi connectivity index (χ1) is 14.7. The molecule has 30 heavy (non-hydrogen) atoms. The second-order valence-corrected chi connectivity index (χ2v) is 8.86. The van der Waals surface area contributed by atoms with Crippen molar-refractivity contribution in [1.82, 2.24) is 14.9 Å². The van der Waals surface area contributed by atoms with Crippen LogP contribution in [0.15, 0.2) is 30.3 Å². The smallest absolute Gasteiger partial charge is 0.230 e. The van der Waals surface area contributed by atoms with Crippen LogP contribution >= 0.6 is 0 Å². The second kappa shape index (κ2) is 7.99. The zero-order valence-electron chi connectivity index (χ0n) is 17.8. The third-order valence-electron chi connectivity index (χ3n) is 6.99. The Kier molecular flexibility index (Phi) is 5.19. The highest BCUT2D eigenvalue weighted by Crippen LogP contribution is 2.43. The average molecular weight is 407 g/mol. The Morgan fingerprint density at radius 2 is 1.93 bits per heavy atom. The molecule has 2 fully saturated rings. The number of carbonyl (C=O) groups excluding carboxylic acids is 1. The van der Waals surface area contributed by atoms with Crippen molar-refractivity contribution in [3.05, 3.63) is 41.6 Å². The van der Waals surface area contributed by atoms with Crippen LogP contribution in [-0.4, -0.2) is 60.7 Å². The van der Waals surface area contributed by atoms with Crippen molar-refractivity contribution in [1.29, 1.82) is 0 Å². The summed E-state index contributed by atoms with van der Waals surface area (Å²) in [7, 11) is 1.70. The van der Waals surface area contributed by atoms with E-state index in [4.69, 9.17) is 14.7 Å². The van der Waals surface area contributed by atoms with Gasteiger partial charge >= 0.3 is 0 Å². The minimum absolute atomic E-state index is 0.269. The van der Waals surface area contributed by atoms with Crippen molar-refractivity contribution in [3.63, 3.8) is 0 Å². The van der Waals surface area contributed by atoms with Crippen molar-refractivity contribution < 1.29 is 9.53 Å². The maximum absolute atomic E-state index is 13.4. The van der Waals surface area contributed by atoms with Crippen LogP contribution in [0.3, 0.4) is 0 Å². The largest absolute Gasteiger partial charge is 0.383 e. The van der Waals surface area contributed by atoms with Gasteiger partial charge in [0.25, 0.3) is 0 Å². The molecule has 1 spiro atoms. The number of likely N-dealkylation sites (tertiary alicyclic amines) is 1. The molecule has 2 saturated heterocycles. The summed E-state index contributed by atoms with van der Waals surface area (Å²) in [5.41, 5.74) is 3.28. The molecule has 0 bridgehead atoms. The molecule has 1 amide bonds. The molecule has 5 rings (SSSR count). The maximum atomic E-state index is 13.4. The van der Waals surface area contributed by atoms with E-state index in [1.165, 1.54) is 11.3 Å². The average Bonchev–Trinajstić information content (AvgIpc) is 3.43. The number of aryl methyl sites for hydroxylation is 1. The van der Waals surface area contributed by atoms with E-state index in [9.17, 15) is 4.79 Å². The van der Waals surface area contributed by atoms with Crippen LogP contribution in [0, 0.1) is 5.41 Å². The molecule has 1 aliphatic carbocycles. The topological polar surface area (TPSA) is 58.6 Å². The molecule has 1 atom stereocenters. The minimum atomic E-state index is -0.269. The number of carbonyl (C=O) groups is 1. The van der Waals surface area contributed by atoms with Gasteiger partial charge in [0, 0.05) is 50.1 Å². The van der Waals surface area contributed by atoms with Gasteiger partial charge in [-0.3, -0.25) is 4.79 Å². The summed E-state index contributed by atoms with van der Waals surface area (Å²) in [6.07, 6.45) is 6.16. The van der Waals surface area contributed by atoms with Crippen LogP contribution < -0.4 is 4.90 Å². The van der Waals surface area contributed by atoms with E-state index in [0.29, 0.717) is 19.1 Å². The van der Waals surface area contributed by atoms with Gasteiger partial charge < -0.3 is 14.5 Å². The number of ether oxygens (including phenoxy) is 1. The zero-order valence-corrected chi connectivity index (χ0v) is 17.8. The Morgan fingerprint density at radius 1 is 1.07 bits per heavy atom. The van der Waals surface area contributed by atoms with Crippen LogP contribution in [0.4, 0.5) is 5.82 Å². The monoisotopic (exact) mass is 406 g/mol. The van der Waals surface area contributed by atoms with Crippen LogP contribution in [0.2, 0.25) is 0 Å². The van der Waals surface area contributed by atoms with E-state index >= 15 is 0 Å². The first-order valence-electron chi connectivity index (χ1n) is 11.2. The normalized spacial score (nSPS) is 23.4. The van der Waals surface area contributed by atoms with Crippen LogP contribution in [0.25, 0.3) is 11.4 Å². The first kappa shape index (κ1) is 19.5. The SMILES string of the molecule is COCCN1CCC[C@@]2(CCN(c3nc(-c4ccccc4)nc4c3CCC4)C2)C1=O. The predicted octanol–water partition coefficient (Wildman–Crippen LogP) is 3.10. The lowest BCUT2D eigenvalue weighted by atomic mass is 9.78. The highest BCUT2D eigenvalue weighted by Gasteiger charge is 2.49. The van der Waals surface area contributed by atoms with Gasteiger partial charge in [0.2, 0.25) is 5.91 Å². The minimum Gasteiger partial charge on any atom is -0.383 e. The molecule has 0 radical (unpaired) electrons. The number of rotatable bonds is 5. The number of benzene rings is 1. The Morgan fingerprint density at radius 3 is 2.77 bits per heavy atom. The lowest BCUT2D eigenvalue weighted by Gasteiger charge is -2.39. The van der Waals surface area contributed by atoms with Gasteiger partial charge in [-0.15, -0.1) is 0 Å². The zero-order chi connectivity index (χ0) is 20.6. The molecule has 0 N–H and O–H groups in total. The first-order valence-corrected chi connectivity index (χ1v) is 11.2. The number of hydrogen-bond acceptors (Lipinski definition) is 5. The Balaban J connectivity index is 1.44. The summed E-state index contributed by atoms with van der Waals surface area (Å²) in [4.78, 5) is 27.7. The van der Waals surface area contributed by atoms with Crippen LogP contribution in [0.5, 0.6) is 0 Å². The number of aromatic nitrogens is 2. The lowest BCUT2D eigenvalue weighted by molar-refractivity contribution is -0.145. The Bertz CT molecular complexity index is 932. The third kappa shape index (κ3) is 3.37. The van der Waals surface area contributed by atoms with Crippen LogP contribution in [-0.2, 0) is 22.4 Å². The summed E-state index contributed by atoms with van der Waals surface area (Å²) in [5, 5.41) is 0. The van der Waals surface area contributed by atoms with Crippen molar-refractivity contribution in [2.45, 2.75) is 38.5 Å². The maximum Gasteiger partial charge on any atom is 0.230 e. The highest BCUT2D eigenvalue weighted by molar-refractivity contribution is 5.85. The summed E-state index contributed by atoms with van der Waals surface area (Å²) in [5.74, 6) is 2.18. The van der Waals surface area contributed by atoms with E-state index in [1.807, 2.05) is 23.1 Å².